The molecule has 6 heteroatoms. The predicted molar refractivity (Wildman–Crippen MR) is 83.5 cm³/mol. The smallest absolute Gasteiger partial charge is 0.339 e. The number of fused-ring (bicyclic) bond motifs is 2. The first-order valence-electron chi connectivity index (χ1n) is 7.90. The highest BCUT2D eigenvalue weighted by Crippen LogP contribution is 2.43. The summed E-state index contributed by atoms with van der Waals surface area (Å²) in [6.07, 6.45) is 6.06. The number of esters is 2. The van der Waals surface area contributed by atoms with E-state index in [0.717, 1.165) is 12.8 Å². The van der Waals surface area contributed by atoms with Crippen LogP contribution in [0.25, 0.3) is 0 Å². The van der Waals surface area contributed by atoms with E-state index in [1.165, 1.54) is 18.2 Å². The zero-order valence-corrected chi connectivity index (χ0v) is 13.0. The second kappa shape index (κ2) is 6.86. The van der Waals surface area contributed by atoms with E-state index < -0.39 is 11.9 Å². The Balaban J connectivity index is 1.45. The highest BCUT2D eigenvalue weighted by molar-refractivity contribution is 6.02. The summed E-state index contributed by atoms with van der Waals surface area (Å²) in [6, 6.07) is 5.82. The quantitative estimate of drug-likeness (QED) is 0.489. The number of carbonyl (C=O) groups is 3. The molecule has 1 saturated carbocycles. The second-order valence-electron chi connectivity index (χ2n) is 6.04. The molecule has 0 aliphatic heterocycles. The fourth-order valence-corrected chi connectivity index (χ4v) is 3.36. The van der Waals surface area contributed by atoms with Gasteiger partial charge in [-0.2, -0.15) is 0 Å². The third kappa shape index (κ3) is 3.32. The molecule has 0 radical (unpaired) electrons. The number of aromatic carboxylic acids is 1. The Morgan fingerprint density at radius 3 is 2.33 bits per heavy atom. The Morgan fingerprint density at radius 2 is 1.71 bits per heavy atom. The number of allylic oxidation sites excluding steroid dienone is 2. The molecule has 1 fully saturated rings. The van der Waals surface area contributed by atoms with Gasteiger partial charge in [0.15, 0.2) is 0 Å². The minimum atomic E-state index is -1.20. The molecule has 0 aromatic heterocycles. The van der Waals surface area contributed by atoms with Crippen molar-refractivity contribution in [3.63, 3.8) is 0 Å². The average Bonchev–Trinajstić information content (AvgIpc) is 3.21. The first kappa shape index (κ1) is 16.2. The van der Waals surface area contributed by atoms with E-state index in [1.807, 2.05) is 0 Å². The second-order valence-corrected chi connectivity index (χ2v) is 6.04. The molecule has 1 N–H and O–H groups in total. The number of rotatable bonds is 6. The van der Waals surface area contributed by atoms with Gasteiger partial charge in [0.1, 0.15) is 13.2 Å². The summed E-state index contributed by atoms with van der Waals surface area (Å²) in [5.74, 6) is -1.53. The van der Waals surface area contributed by atoms with Crippen LogP contribution in [-0.2, 0) is 14.3 Å². The number of hydrogen-bond donors (Lipinski definition) is 1. The van der Waals surface area contributed by atoms with E-state index in [-0.39, 0.29) is 42.1 Å². The molecule has 3 unspecified atom stereocenters. The Labute approximate surface area is 139 Å². The number of hydrogen-bond acceptors (Lipinski definition) is 5. The van der Waals surface area contributed by atoms with Gasteiger partial charge in [-0.05, 0) is 36.8 Å². The zero-order valence-electron chi connectivity index (χ0n) is 13.0. The topological polar surface area (TPSA) is 89.9 Å². The standard InChI is InChI=1S/C18H18O6/c19-16(20)13-3-1-2-4-14(13)17(21)23-7-8-24-18(22)15-10-11-5-6-12(15)9-11/h1-6,11-12,15H,7-10H2,(H,19,20). The molecule has 3 atom stereocenters. The van der Waals surface area contributed by atoms with E-state index in [4.69, 9.17) is 14.6 Å². The molecule has 6 nitrogen and oxygen atoms in total. The minimum absolute atomic E-state index is 0.0189. The molecule has 3 rings (SSSR count). The Kier molecular flexibility index (Phi) is 4.64. The first-order chi connectivity index (χ1) is 11.6. The molecule has 2 aliphatic carbocycles. The van der Waals surface area contributed by atoms with Crippen molar-refractivity contribution in [1.29, 1.82) is 0 Å². The van der Waals surface area contributed by atoms with Crippen LogP contribution in [0.5, 0.6) is 0 Å². The van der Waals surface area contributed by atoms with Crippen LogP contribution >= 0.6 is 0 Å². The highest BCUT2D eigenvalue weighted by atomic mass is 16.6. The van der Waals surface area contributed by atoms with Gasteiger partial charge in [-0.1, -0.05) is 24.3 Å². The molecule has 0 saturated heterocycles. The van der Waals surface area contributed by atoms with Gasteiger partial charge in [-0.15, -0.1) is 0 Å². The maximum atomic E-state index is 12.0. The monoisotopic (exact) mass is 330 g/mol. The molecule has 1 aromatic carbocycles. The van der Waals surface area contributed by atoms with Crippen molar-refractivity contribution in [2.24, 2.45) is 17.8 Å². The van der Waals surface area contributed by atoms with Crippen LogP contribution in [0.2, 0.25) is 0 Å². The van der Waals surface area contributed by atoms with Crippen LogP contribution in [0.15, 0.2) is 36.4 Å². The van der Waals surface area contributed by atoms with Gasteiger partial charge in [-0.3, -0.25) is 4.79 Å². The van der Waals surface area contributed by atoms with Gasteiger partial charge in [0, 0.05) is 0 Å². The van der Waals surface area contributed by atoms with Gasteiger partial charge >= 0.3 is 17.9 Å². The van der Waals surface area contributed by atoms with Crippen molar-refractivity contribution in [1.82, 2.24) is 0 Å². The van der Waals surface area contributed by atoms with E-state index in [0.29, 0.717) is 5.92 Å². The molecule has 2 aliphatic rings. The number of carbonyl (C=O) groups excluding carboxylic acids is 2. The van der Waals surface area contributed by atoms with Crippen molar-refractivity contribution in [2.45, 2.75) is 12.8 Å². The van der Waals surface area contributed by atoms with Crippen LogP contribution in [0, 0.1) is 17.8 Å². The van der Waals surface area contributed by atoms with Crippen molar-refractivity contribution in [2.75, 3.05) is 13.2 Å². The van der Waals surface area contributed by atoms with E-state index in [9.17, 15) is 14.4 Å². The van der Waals surface area contributed by atoms with E-state index >= 15 is 0 Å². The summed E-state index contributed by atoms with van der Waals surface area (Å²) in [5, 5.41) is 9.05. The van der Waals surface area contributed by atoms with Gasteiger partial charge in [-0.25, -0.2) is 9.59 Å². The lowest BCUT2D eigenvalue weighted by atomic mass is 9.94. The SMILES string of the molecule is O=C(O)c1ccccc1C(=O)OCCOC(=O)C1CC2C=CC1C2. The van der Waals surface area contributed by atoms with Crippen molar-refractivity contribution in [3.05, 3.63) is 47.5 Å². The number of benzene rings is 1. The third-order valence-electron chi connectivity index (χ3n) is 4.52. The third-order valence-corrected chi connectivity index (χ3v) is 4.52. The molecule has 1 aromatic rings. The average molecular weight is 330 g/mol. The van der Waals surface area contributed by atoms with Crippen LogP contribution in [0.1, 0.15) is 33.6 Å². The number of ether oxygens (including phenoxy) is 2. The van der Waals surface area contributed by atoms with Crippen molar-refractivity contribution >= 4 is 17.9 Å². The molecule has 0 heterocycles. The maximum Gasteiger partial charge on any atom is 0.339 e. The molecular formula is C18H18O6. The van der Waals surface area contributed by atoms with Crippen molar-refractivity contribution in [3.8, 4) is 0 Å². The lowest BCUT2D eigenvalue weighted by Gasteiger charge is -2.16. The maximum absolute atomic E-state index is 12.0. The summed E-state index contributed by atoms with van der Waals surface area (Å²) in [4.78, 5) is 35.0. The molecular weight excluding hydrogens is 312 g/mol. The molecule has 24 heavy (non-hydrogen) atoms. The van der Waals surface area contributed by atoms with Gasteiger partial charge in [0.25, 0.3) is 0 Å². The molecule has 2 bridgehead atoms. The van der Waals surface area contributed by atoms with Crippen molar-refractivity contribution < 1.29 is 29.0 Å². The fourth-order valence-electron chi connectivity index (χ4n) is 3.36. The van der Waals surface area contributed by atoms with Crippen LogP contribution in [0.4, 0.5) is 0 Å². The predicted octanol–water partition coefficient (Wildman–Crippen LogP) is 2.30. The summed E-state index contributed by atoms with van der Waals surface area (Å²) in [6.45, 7) is -0.132. The van der Waals surface area contributed by atoms with E-state index in [2.05, 4.69) is 12.2 Å². The normalized spacial score (nSPS) is 23.9. The van der Waals surface area contributed by atoms with Gasteiger partial charge in [0.05, 0.1) is 17.0 Å². The molecule has 126 valence electrons. The lowest BCUT2D eigenvalue weighted by Crippen LogP contribution is -2.23. The largest absolute Gasteiger partial charge is 0.478 e. The number of carboxylic acid groups (broad SMARTS) is 1. The lowest BCUT2D eigenvalue weighted by molar-refractivity contribution is -0.150. The molecule has 0 amide bonds. The van der Waals surface area contributed by atoms with Gasteiger partial charge < -0.3 is 14.6 Å². The Hall–Kier alpha value is -2.63. The Bertz CT molecular complexity index is 693. The first-order valence-corrected chi connectivity index (χ1v) is 7.90. The minimum Gasteiger partial charge on any atom is -0.478 e. The summed E-state index contributed by atoms with van der Waals surface area (Å²) in [5.41, 5.74) is -0.136. The van der Waals surface area contributed by atoms with Crippen LogP contribution in [0.3, 0.4) is 0 Å². The summed E-state index contributed by atoms with van der Waals surface area (Å²) >= 11 is 0. The molecule has 0 spiro atoms. The number of carboxylic acids is 1. The van der Waals surface area contributed by atoms with Crippen LogP contribution in [-0.4, -0.2) is 36.2 Å². The van der Waals surface area contributed by atoms with E-state index in [1.54, 1.807) is 6.07 Å². The Morgan fingerprint density at radius 1 is 1.00 bits per heavy atom. The van der Waals surface area contributed by atoms with Gasteiger partial charge in [0.2, 0.25) is 0 Å². The summed E-state index contributed by atoms with van der Waals surface area (Å²) in [7, 11) is 0. The summed E-state index contributed by atoms with van der Waals surface area (Å²) < 4.78 is 10.2. The fraction of sp³-hybridized carbons (Fsp3) is 0.389. The van der Waals surface area contributed by atoms with Crippen LogP contribution < -0.4 is 0 Å². The highest BCUT2D eigenvalue weighted by Gasteiger charge is 2.40. The zero-order chi connectivity index (χ0) is 17.1.